The number of fused-ring (bicyclic) bond motifs is 1. The largest absolute Gasteiger partial charge is 0.351 e. The molecule has 0 aliphatic heterocycles. The van der Waals surface area contributed by atoms with E-state index in [9.17, 15) is 4.79 Å². The Morgan fingerprint density at radius 1 is 1.23 bits per heavy atom. The summed E-state index contributed by atoms with van der Waals surface area (Å²) >= 11 is 7.59. The number of hydrogen-bond donors (Lipinski definition) is 2. The number of carbonyl (C=O) groups excluding carboxylic acids is 1. The van der Waals surface area contributed by atoms with E-state index in [1.165, 1.54) is 10.3 Å². The average molecular weight is 389 g/mol. The van der Waals surface area contributed by atoms with Crippen molar-refractivity contribution in [1.82, 2.24) is 10.3 Å². The Kier molecular flexibility index (Phi) is 6.25. The molecule has 136 valence electrons. The molecule has 3 rings (SSSR count). The molecule has 0 saturated heterocycles. The minimum atomic E-state index is 0.0597. The van der Waals surface area contributed by atoms with E-state index in [0.717, 1.165) is 26.9 Å². The van der Waals surface area contributed by atoms with E-state index in [4.69, 9.17) is 16.6 Å². The zero-order valence-electron chi connectivity index (χ0n) is 15.0. The highest BCUT2D eigenvalue weighted by Crippen LogP contribution is 2.24. The van der Waals surface area contributed by atoms with Crippen LogP contribution in [0, 0.1) is 0 Å². The van der Waals surface area contributed by atoms with Crippen molar-refractivity contribution >= 4 is 39.1 Å². The van der Waals surface area contributed by atoms with Crippen LogP contribution >= 0.6 is 22.9 Å². The normalized spacial score (nSPS) is 13.5. The van der Waals surface area contributed by atoms with Gasteiger partial charge in [-0.25, -0.2) is 4.98 Å². The first-order chi connectivity index (χ1) is 12.5. The van der Waals surface area contributed by atoms with Gasteiger partial charge in [0, 0.05) is 11.6 Å². The number of likely N-dealkylation sites (N-methyl/N-ethyl adjacent to an activating group) is 1. The van der Waals surface area contributed by atoms with Crippen molar-refractivity contribution < 1.29 is 9.69 Å². The summed E-state index contributed by atoms with van der Waals surface area (Å²) in [5.74, 6) is 0.0597. The van der Waals surface area contributed by atoms with Crippen molar-refractivity contribution in [3.63, 3.8) is 0 Å². The minimum Gasteiger partial charge on any atom is -0.351 e. The van der Waals surface area contributed by atoms with Crippen LogP contribution in [-0.4, -0.2) is 31.0 Å². The molecule has 2 aromatic carbocycles. The molecule has 1 aromatic heterocycles. The third kappa shape index (κ3) is 4.81. The SMILES string of the molecule is C[C@H](c1nc2ccccc2s1)[NH+](C)CC(=O)NCCc1ccc(Cl)cc1. The fraction of sp³-hybridized carbons (Fsp3) is 0.300. The second kappa shape index (κ2) is 8.62. The molecule has 0 aliphatic rings. The van der Waals surface area contributed by atoms with E-state index in [1.54, 1.807) is 11.3 Å². The summed E-state index contributed by atoms with van der Waals surface area (Å²) in [6, 6.07) is 16.0. The summed E-state index contributed by atoms with van der Waals surface area (Å²) in [6.07, 6.45) is 0.801. The topological polar surface area (TPSA) is 46.4 Å². The van der Waals surface area contributed by atoms with E-state index in [1.807, 2.05) is 49.5 Å². The molecule has 0 radical (unpaired) electrons. The van der Waals surface area contributed by atoms with E-state index >= 15 is 0 Å². The van der Waals surface area contributed by atoms with Gasteiger partial charge >= 0.3 is 0 Å². The summed E-state index contributed by atoms with van der Waals surface area (Å²) < 4.78 is 1.19. The van der Waals surface area contributed by atoms with Gasteiger partial charge in [-0.2, -0.15) is 0 Å². The Balaban J connectivity index is 1.49. The molecule has 2 N–H and O–H groups in total. The molecule has 1 heterocycles. The first-order valence-electron chi connectivity index (χ1n) is 8.72. The zero-order valence-corrected chi connectivity index (χ0v) is 16.5. The maximum atomic E-state index is 12.2. The van der Waals surface area contributed by atoms with E-state index in [2.05, 4.69) is 18.3 Å². The van der Waals surface area contributed by atoms with Gasteiger partial charge in [0.2, 0.25) is 0 Å². The van der Waals surface area contributed by atoms with Crippen LogP contribution in [0.25, 0.3) is 10.2 Å². The van der Waals surface area contributed by atoms with E-state index in [0.29, 0.717) is 13.1 Å². The van der Waals surface area contributed by atoms with Gasteiger partial charge in [0.15, 0.2) is 11.6 Å². The van der Waals surface area contributed by atoms with Crippen LogP contribution < -0.4 is 10.2 Å². The maximum absolute atomic E-state index is 12.2. The molecule has 0 fully saturated rings. The van der Waals surface area contributed by atoms with Gasteiger partial charge in [-0.15, -0.1) is 11.3 Å². The Hall–Kier alpha value is -1.95. The van der Waals surface area contributed by atoms with Crippen LogP contribution in [-0.2, 0) is 11.2 Å². The van der Waals surface area contributed by atoms with Gasteiger partial charge in [-0.3, -0.25) is 4.79 Å². The highest BCUT2D eigenvalue weighted by Gasteiger charge is 2.21. The molecule has 0 aliphatic carbocycles. The third-order valence-electron chi connectivity index (χ3n) is 4.51. The Morgan fingerprint density at radius 3 is 2.69 bits per heavy atom. The van der Waals surface area contributed by atoms with Crippen LogP contribution in [0.2, 0.25) is 5.02 Å². The Labute approximate surface area is 162 Å². The Bertz CT molecular complexity index is 845. The molecule has 6 heteroatoms. The number of thiazole rings is 1. The van der Waals surface area contributed by atoms with Crippen LogP contribution in [0.15, 0.2) is 48.5 Å². The highest BCUT2D eigenvalue weighted by atomic mass is 35.5. The monoisotopic (exact) mass is 388 g/mol. The van der Waals surface area contributed by atoms with Crippen molar-refractivity contribution in [2.45, 2.75) is 19.4 Å². The van der Waals surface area contributed by atoms with Crippen molar-refractivity contribution in [2.75, 3.05) is 20.1 Å². The van der Waals surface area contributed by atoms with Crippen LogP contribution in [0.5, 0.6) is 0 Å². The summed E-state index contributed by atoms with van der Waals surface area (Å²) in [7, 11) is 2.04. The van der Waals surface area contributed by atoms with Crippen LogP contribution in [0.1, 0.15) is 23.5 Å². The quantitative estimate of drug-likeness (QED) is 0.653. The molecule has 0 spiro atoms. The first-order valence-corrected chi connectivity index (χ1v) is 9.91. The number of hydrogen-bond acceptors (Lipinski definition) is 3. The fourth-order valence-electron chi connectivity index (χ4n) is 2.75. The van der Waals surface area contributed by atoms with Gasteiger partial charge in [0.25, 0.3) is 5.91 Å². The molecule has 0 bridgehead atoms. The minimum absolute atomic E-state index is 0.0597. The van der Waals surface area contributed by atoms with Crippen molar-refractivity contribution in [2.24, 2.45) is 0 Å². The number of aromatic nitrogens is 1. The van der Waals surface area contributed by atoms with Crippen molar-refractivity contribution in [1.29, 1.82) is 0 Å². The van der Waals surface area contributed by atoms with E-state index < -0.39 is 0 Å². The zero-order chi connectivity index (χ0) is 18.5. The lowest BCUT2D eigenvalue weighted by Gasteiger charge is -2.19. The number of benzene rings is 2. The summed E-state index contributed by atoms with van der Waals surface area (Å²) in [5, 5.41) is 4.80. The molecule has 3 aromatic rings. The molecule has 26 heavy (non-hydrogen) atoms. The molecule has 0 saturated carbocycles. The Morgan fingerprint density at radius 2 is 1.96 bits per heavy atom. The van der Waals surface area contributed by atoms with Gasteiger partial charge < -0.3 is 10.2 Å². The molecule has 1 unspecified atom stereocenters. The van der Waals surface area contributed by atoms with Crippen LogP contribution in [0.3, 0.4) is 0 Å². The molecular formula is C20H23ClN3OS+. The predicted octanol–water partition coefficient (Wildman–Crippen LogP) is 2.88. The number of carbonyl (C=O) groups is 1. The molecule has 4 nitrogen and oxygen atoms in total. The standard InChI is InChI=1S/C20H22ClN3OS/c1-14(20-23-17-5-3-4-6-18(17)26-20)24(2)13-19(25)22-12-11-15-7-9-16(21)10-8-15/h3-10,14H,11-13H2,1-2H3,(H,22,25)/p+1/t14-/m1/s1. The van der Waals surface area contributed by atoms with Crippen molar-refractivity contribution in [3.8, 4) is 0 Å². The lowest BCUT2D eigenvalue weighted by atomic mass is 10.1. The lowest BCUT2D eigenvalue weighted by molar-refractivity contribution is -0.902. The number of nitrogens with one attached hydrogen (secondary N) is 2. The van der Waals surface area contributed by atoms with Gasteiger partial charge in [-0.05, 0) is 43.2 Å². The molecular weight excluding hydrogens is 366 g/mol. The smallest absolute Gasteiger partial charge is 0.275 e. The number of quaternary nitrogens is 1. The van der Waals surface area contributed by atoms with Crippen LogP contribution in [0.4, 0.5) is 0 Å². The predicted molar refractivity (Wildman–Crippen MR) is 108 cm³/mol. The summed E-state index contributed by atoms with van der Waals surface area (Å²) in [6.45, 7) is 3.18. The average Bonchev–Trinajstić information content (AvgIpc) is 3.06. The second-order valence-corrected chi connectivity index (χ2v) is 7.99. The van der Waals surface area contributed by atoms with Gasteiger partial charge in [-0.1, -0.05) is 35.9 Å². The number of nitrogens with zero attached hydrogens (tertiary/aromatic N) is 1. The summed E-state index contributed by atoms with van der Waals surface area (Å²) in [4.78, 5) is 18.1. The van der Waals surface area contributed by atoms with Gasteiger partial charge in [0.1, 0.15) is 6.04 Å². The lowest BCUT2D eigenvalue weighted by Crippen LogP contribution is -3.10. The number of rotatable bonds is 7. The first kappa shape index (κ1) is 18.8. The number of halogens is 1. The molecule has 1 amide bonds. The van der Waals surface area contributed by atoms with Gasteiger partial charge in [0.05, 0.1) is 17.3 Å². The maximum Gasteiger partial charge on any atom is 0.275 e. The van der Waals surface area contributed by atoms with E-state index in [-0.39, 0.29) is 11.9 Å². The number of amides is 1. The van der Waals surface area contributed by atoms with Crippen molar-refractivity contribution in [3.05, 3.63) is 64.1 Å². The highest BCUT2D eigenvalue weighted by molar-refractivity contribution is 7.18. The fourth-order valence-corrected chi connectivity index (χ4v) is 3.99. The third-order valence-corrected chi connectivity index (χ3v) is 5.98. The molecule has 2 atom stereocenters. The second-order valence-electron chi connectivity index (χ2n) is 6.49. The summed E-state index contributed by atoms with van der Waals surface area (Å²) in [5.41, 5.74) is 2.19. The number of para-hydroxylation sites is 1.